The molecule has 1 unspecified atom stereocenters. The molecule has 0 radical (unpaired) electrons. The molecule has 5 nitrogen and oxygen atoms in total. The van der Waals surface area contributed by atoms with Crippen LogP contribution in [0.5, 0.6) is 0 Å². The van der Waals surface area contributed by atoms with Crippen molar-refractivity contribution in [3.8, 4) is 6.07 Å². The first-order chi connectivity index (χ1) is 10.0. The van der Waals surface area contributed by atoms with Crippen molar-refractivity contribution in [3.63, 3.8) is 0 Å². The molecular weight excluding hydrogens is 286 g/mol. The summed E-state index contributed by atoms with van der Waals surface area (Å²) in [6.45, 7) is 1.81. The van der Waals surface area contributed by atoms with Gasteiger partial charge in [-0.2, -0.15) is 5.26 Å². The van der Waals surface area contributed by atoms with Gasteiger partial charge in [-0.15, -0.1) is 0 Å². The maximum Gasteiger partial charge on any atom is 0.242 e. The number of sulfonamides is 1. The van der Waals surface area contributed by atoms with Crippen molar-refractivity contribution in [2.24, 2.45) is 0 Å². The maximum absolute atomic E-state index is 12.2. The molecular formula is C15H15N3O2S. The number of nitrogens with zero attached hydrogens (tertiary/aromatic N) is 2. The van der Waals surface area contributed by atoms with Crippen LogP contribution in [0.2, 0.25) is 0 Å². The normalized spacial score (nSPS) is 12.6. The third-order valence-electron chi connectivity index (χ3n) is 2.90. The molecule has 108 valence electrons. The second kappa shape index (κ2) is 6.48. The van der Waals surface area contributed by atoms with E-state index >= 15 is 0 Å². The van der Waals surface area contributed by atoms with Gasteiger partial charge in [0.1, 0.15) is 16.7 Å². The van der Waals surface area contributed by atoms with Gasteiger partial charge in [-0.3, -0.25) is 0 Å². The molecule has 0 saturated carbocycles. The Morgan fingerprint density at radius 3 is 2.52 bits per heavy atom. The lowest BCUT2D eigenvalue weighted by Crippen LogP contribution is -2.34. The smallest absolute Gasteiger partial charge is 0.242 e. The summed E-state index contributed by atoms with van der Waals surface area (Å²) < 4.78 is 27.0. The summed E-state index contributed by atoms with van der Waals surface area (Å²) >= 11 is 0. The molecule has 1 heterocycles. The molecule has 1 aromatic carbocycles. The fourth-order valence-electron chi connectivity index (χ4n) is 1.95. The molecule has 21 heavy (non-hydrogen) atoms. The third-order valence-corrected chi connectivity index (χ3v) is 4.48. The highest BCUT2D eigenvalue weighted by Gasteiger charge is 2.18. The van der Waals surface area contributed by atoms with Gasteiger partial charge in [0, 0.05) is 12.2 Å². The molecule has 0 bridgehead atoms. The van der Waals surface area contributed by atoms with Gasteiger partial charge >= 0.3 is 0 Å². The molecule has 0 aliphatic carbocycles. The number of nitriles is 1. The lowest BCUT2D eigenvalue weighted by molar-refractivity contribution is 0.559. The van der Waals surface area contributed by atoms with Crippen molar-refractivity contribution in [3.05, 3.63) is 59.9 Å². The van der Waals surface area contributed by atoms with Crippen molar-refractivity contribution < 1.29 is 8.42 Å². The highest BCUT2D eigenvalue weighted by Crippen LogP contribution is 2.10. The second-order valence-corrected chi connectivity index (χ2v) is 6.42. The number of hydrogen-bond donors (Lipinski definition) is 1. The van der Waals surface area contributed by atoms with Gasteiger partial charge < -0.3 is 0 Å². The number of rotatable bonds is 5. The van der Waals surface area contributed by atoms with Crippen LogP contribution in [0.1, 0.15) is 18.2 Å². The fourth-order valence-corrected chi connectivity index (χ4v) is 3.14. The predicted molar refractivity (Wildman–Crippen MR) is 78.9 cm³/mol. The van der Waals surface area contributed by atoms with Crippen molar-refractivity contribution >= 4 is 10.0 Å². The molecule has 0 spiro atoms. The van der Waals surface area contributed by atoms with Crippen LogP contribution in [0, 0.1) is 11.3 Å². The summed E-state index contributed by atoms with van der Waals surface area (Å²) in [6, 6.07) is 14.0. The Kier molecular flexibility index (Phi) is 4.68. The molecule has 2 rings (SSSR count). The molecule has 6 heteroatoms. The van der Waals surface area contributed by atoms with Crippen LogP contribution in [-0.2, 0) is 16.4 Å². The zero-order valence-electron chi connectivity index (χ0n) is 11.5. The van der Waals surface area contributed by atoms with Gasteiger partial charge in [-0.1, -0.05) is 30.3 Å². The van der Waals surface area contributed by atoms with Gasteiger partial charge in [0.25, 0.3) is 0 Å². The number of pyridine rings is 1. The molecule has 1 N–H and O–H groups in total. The zero-order chi connectivity index (χ0) is 15.3. The van der Waals surface area contributed by atoms with Crippen LogP contribution in [0.15, 0.2) is 53.6 Å². The van der Waals surface area contributed by atoms with Crippen molar-refractivity contribution in [2.75, 3.05) is 0 Å². The summed E-state index contributed by atoms with van der Waals surface area (Å²) in [5.41, 5.74) is 1.25. The van der Waals surface area contributed by atoms with E-state index in [4.69, 9.17) is 5.26 Å². The van der Waals surface area contributed by atoms with Gasteiger partial charge in [0.15, 0.2) is 0 Å². The lowest BCUT2D eigenvalue weighted by atomic mass is 10.1. The van der Waals surface area contributed by atoms with E-state index in [-0.39, 0.29) is 16.6 Å². The Morgan fingerprint density at radius 1 is 1.24 bits per heavy atom. The average molecular weight is 301 g/mol. The van der Waals surface area contributed by atoms with Crippen LogP contribution in [0.3, 0.4) is 0 Å². The van der Waals surface area contributed by atoms with Gasteiger partial charge in [0.05, 0.1) is 0 Å². The van der Waals surface area contributed by atoms with Gasteiger partial charge in [-0.05, 0) is 31.0 Å². The van der Waals surface area contributed by atoms with E-state index in [2.05, 4.69) is 9.71 Å². The van der Waals surface area contributed by atoms with Crippen LogP contribution in [-0.4, -0.2) is 19.4 Å². The maximum atomic E-state index is 12.2. The lowest BCUT2D eigenvalue weighted by Gasteiger charge is -2.14. The van der Waals surface area contributed by atoms with Gasteiger partial charge in [-0.25, -0.2) is 18.1 Å². The van der Waals surface area contributed by atoms with E-state index in [0.717, 1.165) is 5.56 Å². The van der Waals surface area contributed by atoms with Crippen LogP contribution < -0.4 is 4.72 Å². The van der Waals surface area contributed by atoms with Crippen LogP contribution >= 0.6 is 0 Å². The minimum Gasteiger partial charge on any atom is -0.244 e. The summed E-state index contributed by atoms with van der Waals surface area (Å²) in [4.78, 5) is 3.83. The molecule has 0 amide bonds. The van der Waals surface area contributed by atoms with E-state index < -0.39 is 10.0 Å². The van der Waals surface area contributed by atoms with E-state index in [1.165, 1.54) is 18.3 Å². The number of benzene rings is 1. The molecule has 0 aliphatic rings. The monoisotopic (exact) mass is 301 g/mol. The predicted octanol–water partition coefficient (Wildman–Crippen LogP) is 1.86. The summed E-state index contributed by atoms with van der Waals surface area (Å²) in [5, 5.41) is 8.66. The molecule has 2 aromatic rings. The first kappa shape index (κ1) is 15.2. The summed E-state index contributed by atoms with van der Waals surface area (Å²) in [7, 11) is -3.63. The first-order valence-electron chi connectivity index (χ1n) is 6.43. The number of aromatic nitrogens is 1. The number of nitrogens with one attached hydrogen (secondary N) is 1. The van der Waals surface area contributed by atoms with Crippen molar-refractivity contribution in [1.29, 1.82) is 5.26 Å². The molecule has 1 aromatic heterocycles. The zero-order valence-corrected chi connectivity index (χ0v) is 12.3. The highest BCUT2D eigenvalue weighted by atomic mass is 32.2. The van der Waals surface area contributed by atoms with Gasteiger partial charge in [0.2, 0.25) is 10.0 Å². The average Bonchev–Trinajstić information content (AvgIpc) is 2.47. The first-order valence-corrected chi connectivity index (χ1v) is 7.92. The second-order valence-electron chi connectivity index (χ2n) is 4.70. The van der Waals surface area contributed by atoms with Crippen molar-refractivity contribution in [1.82, 2.24) is 9.71 Å². The summed E-state index contributed by atoms with van der Waals surface area (Å²) in [6.07, 6.45) is 1.79. The number of hydrogen-bond acceptors (Lipinski definition) is 4. The Balaban J connectivity index is 2.08. The third kappa shape index (κ3) is 4.12. The molecule has 0 aliphatic heterocycles. The van der Waals surface area contributed by atoms with E-state index in [9.17, 15) is 8.42 Å². The Labute approximate surface area is 124 Å². The fraction of sp³-hybridized carbons (Fsp3) is 0.200. The van der Waals surface area contributed by atoms with E-state index in [1.807, 2.05) is 43.3 Å². The largest absolute Gasteiger partial charge is 0.244 e. The summed E-state index contributed by atoms with van der Waals surface area (Å²) in [5.74, 6) is 0. The standard InChI is InChI=1S/C15H15N3O2S/c1-12(9-13-5-3-2-4-6-13)18-21(19,20)15-8-7-14(10-16)17-11-15/h2-8,11-12,18H,9H2,1H3. The topological polar surface area (TPSA) is 82.9 Å². The van der Waals surface area contributed by atoms with Crippen LogP contribution in [0.4, 0.5) is 0 Å². The Hall–Kier alpha value is -2.23. The van der Waals surface area contributed by atoms with E-state index in [1.54, 1.807) is 0 Å². The van der Waals surface area contributed by atoms with E-state index in [0.29, 0.717) is 6.42 Å². The Bertz CT molecular complexity index is 735. The SMILES string of the molecule is CC(Cc1ccccc1)NS(=O)(=O)c1ccc(C#N)nc1. The minimum absolute atomic E-state index is 0.0569. The van der Waals surface area contributed by atoms with Crippen molar-refractivity contribution in [2.45, 2.75) is 24.3 Å². The van der Waals surface area contributed by atoms with Crippen LogP contribution in [0.25, 0.3) is 0 Å². The molecule has 0 fully saturated rings. The quantitative estimate of drug-likeness (QED) is 0.913. The minimum atomic E-state index is -3.63. The highest BCUT2D eigenvalue weighted by molar-refractivity contribution is 7.89. The molecule has 1 atom stereocenters. The molecule has 0 saturated heterocycles. The Morgan fingerprint density at radius 2 is 1.95 bits per heavy atom.